The monoisotopic (exact) mass is 588 g/mol. The van der Waals surface area contributed by atoms with E-state index < -0.39 is 88.7 Å². The summed E-state index contributed by atoms with van der Waals surface area (Å²) in [5.74, 6) is -4.52. The number of ether oxygens (including phenoxy) is 5. The molecule has 0 amide bonds. The number of nitrogens with one attached hydrogen (secondary N) is 1. The lowest BCUT2D eigenvalue weighted by atomic mass is 9.97. The van der Waals surface area contributed by atoms with Crippen LogP contribution in [0.25, 0.3) is 10.8 Å². The van der Waals surface area contributed by atoms with E-state index in [1.807, 2.05) is 30.3 Å². The molecule has 1 unspecified atom stereocenters. The van der Waals surface area contributed by atoms with Crippen molar-refractivity contribution in [1.82, 2.24) is 4.98 Å². The second-order valence-corrected chi connectivity index (χ2v) is 9.74. The molecule has 1 N–H and O–H groups in total. The van der Waals surface area contributed by atoms with Gasteiger partial charge in [0.05, 0.1) is 11.1 Å². The molecule has 0 radical (unpaired) electrons. The minimum absolute atomic E-state index is 0.102. The molecule has 12 nitrogen and oxygen atoms in total. The van der Waals surface area contributed by atoms with Crippen LogP contribution < -0.4 is 5.32 Å². The summed E-state index contributed by atoms with van der Waals surface area (Å²) in [4.78, 5) is 66.2. The highest BCUT2D eigenvalue weighted by atomic mass is 32.1. The Labute approximate surface area is 244 Å². The summed E-state index contributed by atoms with van der Waals surface area (Å²) < 4.78 is 56.3. The van der Waals surface area contributed by atoms with E-state index >= 15 is 0 Å². The molecule has 0 bridgehead atoms. The highest BCUT2D eigenvalue weighted by Crippen LogP contribution is 2.32. The fourth-order valence-corrected chi connectivity index (χ4v) is 5.05. The van der Waals surface area contributed by atoms with Gasteiger partial charge in [0.15, 0.2) is 29.7 Å². The summed E-state index contributed by atoms with van der Waals surface area (Å²) in [5.41, 5.74) is 0.415. The predicted octanol–water partition coefficient (Wildman–Crippen LogP) is 3.02. The molecule has 1 fully saturated rings. The number of hydrogen-bond donors (Lipinski definition) is 1. The molecule has 0 spiro atoms. The lowest BCUT2D eigenvalue weighted by Gasteiger charge is -2.44. The first kappa shape index (κ1) is 24.4. The van der Waals surface area contributed by atoms with Gasteiger partial charge in [0.25, 0.3) is 0 Å². The molecule has 2 aromatic carbocycles. The number of carbonyl (C=O) groups excluding carboxylic acids is 5. The van der Waals surface area contributed by atoms with Gasteiger partial charge in [-0.15, -0.1) is 0 Å². The van der Waals surface area contributed by atoms with E-state index in [1.165, 1.54) is 6.20 Å². The average molecular weight is 589 g/mol. The average Bonchev–Trinajstić information content (AvgIpc) is 3.53. The van der Waals surface area contributed by atoms with Crippen LogP contribution in [0.4, 0.5) is 5.13 Å². The van der Waals surface area contributed by atoms with Crippen molar-refractivity contribution < 1.29 is 53.1 Å². The molecule has 13 heteroatoms. The zero-order chi connectivity index (χ0) is 32.5. The number of anilines is 1. The van der Waals surface area contributed by atoms with Gasteiger partial charge in [-0.1, -0.05) is 47.7 Å². The molecule has 1 saturated heterocycles. The molecule has 5 atom stereocenters. The van der Waals surface area contributed by atoms with E-state index in [0.29, 0.717) is 5.56 Å². The first-order chi connectivity index (χ1) is 21.7. The third kappa shape index (κ3) is 7.44. The van der Waals surface area contributed by atoms with Crippen molar-refractivity contribution in [2.24, 2.45) is 0 Å². The van der Waals surface area contributed by atoms with Gasteiger partial charge in [-0.25, -0.2) is 4.98 Å². The predicted molar refractivity (Wildman–Crippen MR) is 145 cm³/mol. The van der Waals surface area contributed by atoms with Gasteiger partial charge < -0.3 is 29.0 Å². The molecule has 1 aliphatic rings. The van der Waals surface area contributed by atoms with E-state index in [2.05, 4.69) is 10.3 Å². The van der Waals surface area contributed by atoms with E-state index in [1.54, 1.807) is 12.1 Å². The van der Waals surface area contributed by atoms with Crippen LogP contribution in [-0.4, -0.2) is 71.9 Å². The largest absolute Gasteiger partial charge is 0.463 e. The van der Waals surface area contributed by atoms with Crippen molar-refractivity contribution in [1.29, 1.82) is 0 Å². The maximum atomic E-state index is 13.3. The third-order valence-corrected chi connectivity index (χ3v) is 6.78. The van der Waals surface area contributed by atoms with E-state index in [0.717, 1.165) is 22.1 Å². The van der Waals surface area contributed by atoms with Crippen molar-refractivity contribution in [2.45, 2.75) is 58.2 Å². The Morgan fingerprint density at radius 3 is 2.24 bits per heavy atom. The minimum Gasteiger partial charge on any atom is -0.463 e. The molecule has 2 heterocycles. The van der Waals surface area contributed by atoms with Crippen LogP contribution in [0.15, 0.2) is 48.7 Å². The minimum atomic E-state index is -1.65. The Hall–Kier alpha value is -4.36. The van der Waals surface area contributed by atoms with E-state index in [4.69, 9.17) is 29.2 Å². The Morgan fingerprint density at radius 1 is 0.878 bits per heavy atom. The lowest BCUT2D eigenvalue weighted by Crippen LogP contribution is -2.64. The Kier molecular flexibility index (Phi) is 7.67. The number of aromatic nitrogens is 1. The molecule has 3 aromatic rings. The summed E-state index contributed by atoms with van der Waals surface area (Å²) in [7, 11) is 0. The number of nitrogens with zero attached hydrogens (tertiary/aromatic N) is 1. The number of ketones is 1. The second-order valence-electron chi connectivity index (χ2n) is 8.71. The van der Waals surface area contributed by atoms with Gasteiger partial charge in [-0.05, 0) is 16.8 Å². The van der Waals surface area contributed by atoms with Crippen LogP contribution in [0, 0.1) is 0 Å². The Morgan fingerprint density at radius 2 is 1.54 bits per heavy atom. The first-order valence-electron chi connectivity index (χ1n) is 14.8. The SMILES string of the molecule is [2H]CC(=O)OC[C@H]1OC(Nc2ncc(C(=O)c3ccc4ccccc4c3)s2)[C@@H](OC(=O)C[2H])[C@@H](OC(=O)C[2H])[C@@H]1OC(=O)C[2H]. The zero-order valence-electron chi connectivity index (χ0n) is 25.5. The standard InChI is InChI=1S/C28H28N2O10S/c1-14(31)36-13-21-24(37-15(2)32)25(38-16(3)33)26(39-17(4)34)27(40-21)30-28-29-12-22(41-28)23(35)20-10-9-18-7-5-6-8-19(18)11-20/h5-12,21,24-27H,13H2,1-4H3,(H,29,30)/t21-,24-,25+,26+,27?/m1/s1/i1D,2D,3D,4D. The van der Waals surface area contributed by atoms with E-state index in [9.17, 15) is 24.0 Å². The number of benzene rings is 2. The molecule has 216 valence electrons. The zero-order valence-corrected chi connectivity index (χ0v) is 22.3. The lowest BCUT2D eigenvalue weighted by molar-refractivity contribution is -0.247. The smallest absolute Gasteiger partial charge is 0.303 e. The first-order valence-corrected chi connectivity index (χ1v) is 12.8. The highest BCUT2D eigenvalue weighted by Gasteiger charge is 2.52. The summed E-state index contributed by atoms with van der Waals surface area (Å²) in [6, 6.07) is 12.8. The number of fused-ring (bicyclic) bond motifs is 1. The van der Waals surface area contributed by atoms with Crippen LogP contribution in [-0.2, 0) is 42.9 Å². The van der Waals surface area contributed by atoms with Gasteiger partial charge in [-0.3, -0.25) is 24.0 Å². The maximum absolute atomic E-state index is 13.3. The summed E-state index contributed by atoms with van der Waals surface area (Å²) >= 11 is 0.932. The molecule has 0 saturated carbocycles. The van der Waals surface area contributed by atoms with Crippen molar-refractivity contribution >= 4 is 56.9 Å². The van der Waals surface area contributed by atoms with Crippen molar-refractivity contribution in [3.8, 4) is 0 Å². The van der Waals surface area contributed by atoms with Crippen molar-refractivity contribution in [3.63, 3.8) is 0 Å². The van der Waals surface area contributed by atoms with Gasteiger partial charge in [0.2, 0.25) is 5.78 Å². The number of carbonyl (C=O) groups is 5. The summed E-state index contributed by atoms with van der Waals surface area (Å²) in [5, 5.41) is 4.79. The number of thiazole rings is 1. The van der Waals surface area contributed by atoms with Gasteiger partial charge in [0, 0.05) is 38.6 Å². The van der Waals surface area contributed by atoms with Crippen LogP contribution in [0.3, 0.4) is 0 Å². The maximum Gasteiger partial charge on any atom is 0.303 e. The topological polar surface area (TPSA) is 156 Å². The molecule has 1 aromatic heterocycles. The van der Waals surface area contributed by atoms with Crippen LogP contribution in [0.1, 0.15) is 48.3 Å². The van der Waals surface area contributed by atoms with Gasteiger partial charge in [-0.2, -0.15) is 0 Å². The van der Waals surface area contributed by atoms with Gasteiger partial charge in [0.1, 0.15) is 12.7 Å². The molecule has 4 rings (SSSR count). The summed E-state index contributed by atoms with van der Waals surface area (Å²) in [6.45, 7) is -3.89. The van der Waals surface area contributed by atoms with Crippen molar-refractivity contribution in [3.05, 3.63) is 59.1 Å². The fourth-order valence-electron chi connectivity index (χ4n) is 4.24. The third-order valence-electron chi connectivity index (χ3n) is 5.85. The van der Waals surface area contributed by atoms with Crippen LogP contribution in [0.5, 0.6) is 0 Å². The normalized spacial score (nSPS) is 23.2. The highest BCUT2D eigenvalue weighted by molar-refractivity contribution is 7.17. The Balaban J connectivity index is 1.66. The van der Waals surface area contributed by atoms with Crippen molar-refractivity contribution in [2.75, 3.05) is 11.9 Å². The van der Waals surface area contributed by atoms with E-state index in [-0.39, 0.29) is 15.8 Å². The number of hydrogen-bond acceptors (Lipinski definition) is 13. The molecular weight excluding hydrogens is 556 g/mol. The molecule has 0 aliphatic carbocycles. The van der Waals surface area contributed by atoms with Crippen LogP contribution in [0.2, 0.25) is 0 Å². The summed E-state index contributed by atoms with van der Waals surface area (Å²) in [6.07, 6.45) is -6.36. The second kappa shape index (κ2) is 12.9. The van der Waals surface area contributed by atoms with Crippen LogP contribution >= 0.6 is 11.3 Å². The quantitative estimate of drug-likeness (QED) is 0.222. The number of esters is 4. The molecule has 1 aliphatic heterocycles. The Bertz CT molecular complexity index is 1560. The molecular formula is C28H28N2O10S. The number of rotatable bonds is 9. The molecule has 41 heavy (non-hydrogen) atoms. The fraction of sp³-hybridized carbons (Fsp3) is 0.357. The van der Waals surface area contributed by atoms with Gasteiger partial charge >= 0.3 is 23.9 Å².